The molecule has 1 fully saturated rings. The van der Waals surface area contributed by atoms with Gasteiger partial charge in [0.15, 0.2) is 5.82 Å². The summed E-state index contributed by atoms with van der Waals surface area (Å²) in [6.07, 6.45) is 1.75. The van der Waals surface area contributed by atoms with Crippen LogP contribution < -0.4 is 10.2 Å². The first kappa shape index (κ1) is 20.3. The molecule has 1 atom stereocenters. The molecule has 1 N–H and O–H groups in total. The molecule has 154 valence electrons. The number of halogens is 2. The third-order valence-electron chi connectivity index (χ3n) is 5.29. The van der Waals surface area contributed by atoms with Crippen LogP contribution >= 0.6 is 11.6 Å². The lowest BCUT2D eigenvalue weighted by Gasteiger charge is -2.32. The Hall–Kier alpha value is -2.99. The number of anilines is 1. The van der Waals surface area contributed by atoms with Crippen molar-refractivity contribution in [2.75, 3.05) is 18.0 Å². The Morgan fingerprint density at radius 2 is 1.83 bits per heavy atom. The van der Waals surface area contributed by atoms with Crippen molar-refractivity contribution in [2.24, 2.45) is 5.92 Å². The van der Waals surface area contributed by atoms with Crippen LogP contribution in [0.4, 0.5) is 10.2 Å². The third-order valence-corrected chi connectivity index (χ3v) is 5.54. The Kier molecular flexibility index (Phi) is 6.23. The average molecular weight is 425 g/mol. The molecule has 7 heteroatoms. The number of hydrogen-bond acceptors (Lipinski definition) is 4. The molecule has 2 heterocycles. The molecular weight excluding hydrogens is 403 g/mol. The van der Waals surface area contributed by atoms with Gasteiger partial charge in [-0.15, -0.1) is 10.2 Å². The van der Waals surface area contributed by atoms with Crippen molar-refractivity contribution >= 4 is 23.3 Å². The van der Waals surface area contributed by atoms with E-state index in [0.29, 0.717) is 18.1 Å². The lowest BCUT2D eigenvalue weighted by Crippen LogP contribution is -2.43. The first-order valence-electron chi connectivity index (χ1n) is 9.95. The van der Waals surface area contributed by atoms with Crippen molar-refractivity contribution in [3.05, 3.63) is 77.1 Å². The molecular formula is C23H22ClFN4O. The van der Waals surface area contributed by atoms with Crippen LogP contribution in [0, 0.1) is 11.7 Å². The summed E-state index contributed by atoms with van der Waals surface area (Å²) in [4.78, 5) is 14.7. The molecule has 1 aliphatic heterocycles. The van der Waals surface area contributed by atoms with Crippen LogP contribution in [0.25, 0.3) is 11.3 Å². The maximum Gasteiger partial charge on any atom is 0.225 e. The fraction of sp³-hybridized carbons (Fsp3) is 0.261. The summed E-state index contributed by atoms with van der Waals surface area (Å²) in [5.74, 6) is 0.381. The topological polar surface area (TPSA) is 58.1 Å². The number of hydrogen-bond donors (Lipinski definition) is 1. The van der Waals surface area contributed by atoms with Crippen molar-refractivity contribution < 1.29 is 9.18 Å². The highest BCUT2D eigenvalue weighted by Gasteiger charge is 2.26. The Bertz CT molecular complexity index is 993. The number of benzene rings is 2. The van der Waals surface area contributed by atoms with E-state index in [1.165, 1.54) is 12.1 Å². The maximum absolute atomic E-state index is 13.0. The van der Waals surface area contributed by atoms with Gasteiger partial charge in [-0.25, -0.2) is 4.39 Å². The summed E-state index contributed by atoms with van der Waals surface area (Å²) in [6, 6.07) is 17.5. The average Bonchev–Trinajstić information content (AvgIpc) is 2.79. The van der Waals surface area contributed by atoms with Gasteiger partial charge in [-0.3, -0.25) is 4.79 Å². The van der Waals surface area contributed by atoms with Crippen molar-refractivity contribution in [3.63, 3.8) is 0 Å². The van der Waals surface area contributed by atoms with Gasteiger partial charge in [0.05, 0.1) is 11.6 Å². The number of nitrogens with one attached hydrogen (secondary N) is 1. The van der Waals surface area contributed by atoms with Gasteiger partial charge in [-0.1, -0.05) is 35.9 Å². The molecule has 1 amide bonds. The van der Waals surface area contributed by atoms with E-state index in [1.807, 2.05) is 36.4 Å². The van der Waals surface area contributed by atoms with E-state index in [0.717, 1.165) is 42.0 Å². The quantitative estimate of drug-likeness (QED) is 0.656. The van der Waals surface area contributed by atoms with E-state index in [2.05, 4.69) is 20.4 Å². The normalized spacial score (nSPS) is 16.3. The summed E-state index contributed by atoms with van der Waals surface area (Å²) < 4.78 is 13.0. The Morgan fingerprint density at radius 3 is 2.53 bits per heavy atom. The highest BCUT2D eigenvalue weighted by atomic mass is 35.5. The van der Waals surface area contributed by atoms with E-state index in [9.17, 15) is 9.18 Å². The zero-order valence-electron chi connectivity index (χ0n) is 16.4. The van der Waals surface area contributed by atoms with E-state index in [4.69, 9.17) is 11.6 Å². The first-order chi connectivity index (χ1) is 14.6. The van der Waals surface area contributed by atoms with Gasteiger partial charge in [0.1, 0.15) is 5.82 Å². The van der Waals surface area contributed by atoms with Crippen molar-refractivity contribution in [2.45, 2.75) is 19.4 Å². The molecule has 0 aliphatic carbocycles. The summed E-state index contributed by atoms with van der Waals surface area (Å²) in [5, 5.41) is 12.4. The lowest BCUT2D eigenvalue weighted by molar-refractivity contribution is -0.125. The van der Waals surface area contributed by atoms with E-state index in [1.54, 1.807) is 12.1 Å². The molecule has 0 bridgehead atoms. The second kappa shape index (κ2) is 9.22. The smallest absolute Gasteiger partial charge is 0.225 e. The second-order valence-electron chi connectivity index (χ2n) is 7.41. The predicted molar refractivity (Wildman–Crippen MR) is 116 cm³/mol. The lowest BCUT2D eigenvalue weighted by atomic mass is 9.97. The number of aromatic nitrogens is 2. The standard InChI is InChI=1S/C23H22ClFN4O/c24-19-7-5-17(6-8-19)21-11-12-22(28-27-21)29-13-1-2-18(15-29)23(30)26-14-16-3-9-20(25)10-4-16/h3-12,18H,1-2,13-15H2,(H,26,30). The molecule has 0 radical (unpaired) electrons. The van der Waals surface area contributed by atoms with Crippen molar-refractivity contribution in [1.82, 2.24) is 15.5 Å². The van der Waals surface area contributed by atoms with Crippen LogP contribution in [0.1, 0.15) is 18.4 Å². The van der Waals surface area contributed by atoms with Gasteiger partial charge in [0.2, 0.25) is 5.91 Å². The van der Waals surface area contributed by atoms with Gasteiger partial charge in [-0.05, 0) is 54.8 Å². The highest BCUT2D eigenvalue weighted by molar-refractivity contribution is 6.30. The molecule has 30 heavy (non-hydrogen) atoms. The Morgan fingerprint density at radius 1 is 1.07 bits per heavy atom. The number of carbonyl (C=O) groups excluding carboxylic acids is 1. The number of carbonyl (C=O) groups is 1. The van der Waals surface area contributed by atoms with Crippen LogP contribution in [-0.2, 0) is 11.3 Å². The molecule has 1 aromatic heterocycles. The second-order valence-corrected chi connectivity index (χ2v) is 7.85. The number of piperidine rings is 1. The third kappa shape index (κ3) is 4.94. The highest BCUT2D eigenvalue weighted by Crippen LogP contribution is 2.24. The Labute approximate surface area is 179 Å². The zero-order valence-corrected chi connectivity index (χ0v) is 17.1. The minimum atomic E-state index is -0.281. The molecule has 0 saturated carbocycles. The summed E-state index contributed by atoms with van der Waals surface area (Å²) in [6.45, 7) is 1.84. The molecule has 1 unspecified atom stereocenters. The SMILES string of the molecule is O=C(NCc1ccc(F)cc1)C1CCCN(c2ccc(-c3ccc(Cl)cc3)nn2)C1. The van der Waals surface area contributed by atoms with Crippen molar-refractivity contribution in [1.29, 1.82) is 0 Å². The monoisotopic (exact) mass is 424 g/mol. The molecule has 4 rings (SSSR count). The molecule has 2 aromatic carbocycles. The minimum Gasteiger partial charge on any atom is -0.354 e. The number of rotatable bonds is 5. The van der Waals surface area contributed by atoms with Crippen LogP contribution in [0.3, 0.4) is 0 Å². The van der Waals surface area contributed by atoms with Crippen LogP contribution in [0.2, 0.25) is 5.02 Å². The minimum absolute atomic E-state index is 0.00904. The summed E-state index contributed by atoms with van der Waals surface area (Å²) >= 11 is 5.94. The zero-order chi connectivity index (χ0) is 20.9. The van der Waals surface area contributed by atoms with E-state index >= 15 is 0 Å². The molecule has 3 aromatic rings. The molecule has 5 nitrogen and oxygen atoms in total. The van der Waals surface area contributed by atoms with Gasteiger partial charge >= 0.3 is 0 Å². The van der Waals surface area contributed by atoms with Crippen LogP contribution in [-0.4, -0.2) is 29.2 Å². The summed E-state index contributed by atoms with van der Waals surface area (Å²) in [7, 11) is 0. The van der Waals surface area contributed by atoms with Gasteiger partial charge in [0.25, 0.3) is 0 Å². The van der Waals surface area contributed by atoms with E-state index in [-0.39, 0.29) is 17.6 Å². The summed E-state index contributed by atoms with van der Waals surface area (Å²) in [5.41, 5.74) is 2.61. The Balaban J connectivity index is 1.36. The fourth-order valence-corrected chi connectivity index (χ4v) is 3.73. The van der Waals surface area contributed by atoms with Crippen LogP contribution in [0.5, 0.6) is 0 Å². The molecule has 0 spiro atoms. The van der Waals surface area contributed by atoms with E-state index < -0.39 is 0 Å². The predicted octanol–water partition coefficient (Wildman–Crippen LogP) is 4.47. The van der Waals surface area contributed by atoms with Gasteiger partial charge in [0, 0.05) is 30.2 Å². The van der Waals surface area contributed by atoms with Gasteiger partial charge < -0.3 is 10.2 Å². The number of nitrogens with zero attached hydrogens (tertiary/aromatic N) is 3. The number of amides is 1. The molecule has 1 aliphatic rings. The van der Waals surface area contributed by atoms with Crippen LogP contribution in [0.15, 0.2) is 60.7 Å². The van der Waals surface area contributed by atoms with Gasteiger partial charge in [-0.2, -0.15) is 0 Å². The first-order valence-corrected chi connectivity index (χ1v) is 10.3. The maximum atomic E-state index is 13.0. The molecule has 1 saturated heterocycles. The largest absolute Gasteiger partial charge is 0.354 e. The fourth-order valence-electron chi connectivity index (χ4n) is 3.60. The van der Waals surface area contributed by atoms with Crippen molar-refractivity contribution in [3.8, 4) is 11.3 Å².